The van der Waals surface area contributed by atoms with Crippen molar-refractivity contribution >= 4 is 17.8 Å². The van der Waals surface area contributed by atoms with Gasteiger partial charge in [-0.15, -0.1) is 0 Å². The van der Waals surface area contributed by atoms with Gasteiger partial charge in [0.05, 0.1) is 0 Å². The van der Waals surface area contributed by atoms with E-state index in [0.717, 1.165) is 37.2 Å². The van der Waals surface area contributed by atoms with E-state index in [4.69, 9.17) is 9.47 Å². The van der Waals surface area contributed by atoms with Crippen molar-refractivity contribution in [1.29, 1.82) is 5.26 Å². The van der Waals surface area contributed by atoms with Crippen LogP contribution in [0.3, 0.4) is 0 Å². The number of piperidine rings is 1. The summed E-state index contributed by atoms with van der Waals surface area (Å²) in [4.78, 5) is 22.6. The lowest BCUT2D eigenvalue weighted by molar-refractivity contribution is -0.116. The Hall–Kier alpha value is -3.60. The van der Waals surface area contributed by atoms with Crippen LogP contribution >= 0.6 is 0 Å². The smallest absolute Gasteiger partial charge is 0.244 e. The molecule has 8 nitrogen and oxygen atoms in total. The molecule has 1 fully saturated rings. The molecule has 2 aromatic rings. The van der Waals surface area contributed by atoms with Crippen molar-refractivity contribution in [3.63, 3.8) is 0 Å². The van der Waals surface area contributed by atoms with Gasteiger partial charge >= 0.3 is 0 Å². The third-order valence-corrected chi connectivity index (χ3v) is 5.09. The van der Waals surface area contributed by atoms with Crippen LogP contribution in [0.15, 0.2) is 36.7 Å². The lowest BCUT2D eigenvalue weighted by Crippen LogP contribution is -2.39. The number of anilines is 1. The van der Waals surface area contributed by atoms with Crippen LogP contribution in [0.1, 0.15) is 24.1 Å². The van der Waals surface area contributed by atoms with E-state index in [2.05, 4.69) is 26.3 Å². The summed E-state index contributed by atoms with van der Waals surface area (Å²) in [5.41, 5.74) is 1.24. The average molecular weight is 391 g/mol. The fraction of sp³-hybridized carbons (Fsp3) is 0.333. The predicted octanol–water partition coefficient (Wildman–Crippen LogP) is 2.12. The molecule has 0 unspecified atom stereocenters. The van der Waals surface area contributed by atoms with E-state index in [1.165, 1.54) is 12.3 Å². The van der Waals surface area contributed by atoms with Crippen LogP contribution in [0.4, 0.5) is 5.82 Å². The Kier molecular flexibility index (Phi) is 5.56. The Balaban J connectivity index is 1.24. The number of aromatic nitrogens is 2. The molecule has 0 atom stereocenters. The molecule has 1 aromatic heterocycles. The maximum Gasteiger partial charge on any atom is 0.244 e. The summed E-state index contributed by atoms with van der Waals surface area (Å²) in [5.74, 6) is 2.34. The number of nitriles is 1. The minimum Gasteiger partial charge on any atom is -0.454 e. The molecular formula is C21H21N5O3. The molecule has 8 heteroatoms. The first-order valence-corrected chi connectivity index (χ1v) is 9.54. The van der Waals surface area contributed by atoms with Gasteiger partial charge in [0.25, 0.3) is 0 Å². The van der Waals surface area contributed by atoms with E-state index in [1.807, 2.05) is 18.2 Å². The van der Waals surface area contributed by atoms with E-state index < -0.39 is 0 Å². The standard InChI is InChI=1S/C21H21N5O3/c22-12-17-21(24-8-7-23-17)26-9-5-16(6-10-26)13-25-20(27)4-2-15-1-3-18-19(11-15)29-14-28-18/h1-4,7-8,11,16H,5-6,9-10,13-14H2,(H,25,27)/b4-2+. The second-order valence-corrected chi connectivity index (χ2v) is 6.96. The van der Waals surface area contributed by atoms with Crippen molar-refractivity contribution in [2.24, 2.45) is 5.92 Å². The second-order valence-electron chi connectivity index (χ2n) is 6.96. The van der Waals surface area contributed by atoms with Gasteiger partial charge in [0, 0.05) is 38.1 Å². The lowest BCUT2D eigenvalue weighted by Gasteiger charge is -2.32. The first-order chi connectivity index (χ1) is 14.2. The van der Waals surface area contributed by atoms with Crippen LogP contribution in [0.5, 0.6) is 11.5 Å². The highest BCUT2D eigenvalue weighted by Gasteiger charge is 2.22. The normalized spacial score (nSPS) is 16.0. The molecule has 0 aliphatic carbocycles. The first kappa shape index (κ1) is 18.7. The number of amides is 1. The molecule has 1 amide bonds. The molecule has 1 saturated heterocycles. The minimum absolute atomic E-state index is 0.120. The van der Waals surface area contributed by atoms with Crippen molar-refractivity contribution in [2.45, 2.75) is 12.8 Å². The number of carbonyl (C=O) groups excluding carboxylic acids is 1. The van der Waals surface area contributed by atoms with Crippen LogP contribution in [0, 0.1) is 17.2 Å². The van der Waals surface area contributed by atoms with Crippen molar-refractivity contribution < 1.29 is 14.3 Å². The number of rotatable bonds is 5. The Labute approximate surface area is 168 Å². The van der Waals surface area contributed by atoms with Gasteiger partial charge in [-0.3, -0.25) is 4.79 Å². The second kappa shape index (κ2) is 8.61. The van der Waals surface area contributed by atoms with Gasteiger partial charge < -0.3 is 19.7 Å². The lowest BCUT2D eigenvalue weighted by atomic mass is 9.96. The molecule has 0 spiro atoms. The van der Waals surface area contributed by atoms with Gasteiger partial charge in [-0.25, -0.2) is 9.97 Å². The average Bonchev–Trinajstić information content (AvgIpc) is 3.24. The fourth-order valence-corrected chi connectivity index (χ4v) is 3.48. The first-order valence-electron chi connectivity index (χ1n) is 9.54. The fourth-order valence-electron chi connectivity index (χ4n) is 3.48. The van der Waals surface area contributed by atoms with Gasteiger partial charge in [-0.2, -0.15) is 5.26 Å². The molecular weight excluding hydrogens is 370 g/mol. The summed E-state index contributed by atoms with van der Waals surface area (Å²) in [6.07, 6.45) is 8.28. The minimum atomic E-state index is -0.120. The molecule has 3 heterocycles. The molecule has 1 aromatic carbocycles. The molecule has 148 valence electrons. The molecule has 1 N–H and O–H groups in total. The maximum absolute atomic E-state index is 12.1. The van der Waals surface area contributed by atoms with Gasteiger partial charge in [0.2, 0.25) is 12.7 Å². The third kappa shape index (κ3) is 4.46. The SMILES string of the molecule is N#Cc1nccnc1N1CCC(CNC(=O)/C=C/c2ccc3c(c2)OCO3)CC1. The Morgan fingerprint density at radius 2 is 2.03 bits per heavy atom. The van der Waals surface area contributed by atoms with E-state index in [0.29, 0.717) is 29.7 Å². The predicted molar refractivity (Wildman–Crippen MR) is 106 cm³/mol. The van der Waals surface area contributed by atoms with Crippen molar-refractivity contribution in [2.75, 3.05) is 31.3 Å². The van der Waals surface area contributed by atoms with Crippen molar-refractivity contribution in [3.05, 3.63) is 47.9 Å². The number of hydrogen-bond donors (Lipinski definition) is 1. The molecule has 29 heavy (non-hydrogen) atoms. The van der Waals surface area contributed by atoms with Crippen LogP contribution in [0.25, 0.3) is 6.08 Å². The number of nitrogens with zero attached hydrogens (tertiary/aromatic N) is 4. The molecule has 2 aliphatic heterocycles. The van der Waals surface area contributed by atoms with Crippen LogP contribution in [-0.4, -0.2) is 42.3 Å². The third-order valence-electron chi connectivity index (χ3n) is 5.09. The van der Waals surface area contributed by atoms with E-state index in [-0.39, 0.29) is 12.7 Å². The number of fused-ring (bicyclic) bond motifs is 1. The zero-order valence-corrected chi connectivity index (χ0v) is 15.9. The number of benzene rings is 1. The number of carbonyl (C=O) groups is 1. The van der Waals surface area contributed by atoms with Crippen molar-refractivity contribution in [3.8, 4) is 17.6 Å². The van der Waals surface area contributed by atoms with E-state index in [9.17, 15) is 10.1 Å². The Morgan fingerprint density at radius 1 is 1.24 bits per heavy atom. The van der Waals surface area contributed by atoms with Crippen LogP contribution in [-0.2, 0) is 4.79 Å². The zero-order chi connectivity index (χ0) is 20.1. The largest absolute Gasteiger partial charge is 0.454 e. The molecule has 2 aliphatic rings. The van der Waals surface area contributed by atoms with Crippen LogP contribution < -0.4 is 19.7 Å². The zero-order valence-electron chi connectivity index (χ0n) is 15.9. The summed E-state index contributed by atoms with van der Waals surface area (Å²) in [7, 11) is 0. The van der Waals surface area contributed by atoms with Crippen LogP contribution in [0.2, 0.25) is 0 Å². The van der Waals surface area contributed by atoms with Gasteiger partial charge in [0.15, 0.2) is 23.0 Å². The highest BCUT2D eigenvalue weighted by atomic mass is 16.7. The van der Waals surface area contributed by atoms with E-state index >= 15 is 0 Å². The monoisotopic (exact) mass is 391 g/mol. The molecule has 0 bridgehead atoms. The summed E-state index contributed by atoms with van der Waals surface area (Å²) in [6, 6.07) is 7.66. The van der Waals surface area contributed by atoms with Crippen molar-refractivity contribution in [1.82, 2.24) is 15.3 Å². The molecule has 4 rings (SSSR count). The number of hydrogen-bond acceptors (Lipinski definition) is 7. The maximum atomic E-state index is 12.1. The Morgan fingerprint density at radius 3 is 2.86 bits per heavy atom. The summed E-state index contributed by atoms with van der Waals surface area (Å²) in [5, 5.41) is 12.2. The van der Waals surface area contributed by atoms with Gasteiger partial charge in [-0.1, -0.05) is 6.07 Å². The quantitative estimate of drug-likeness (QED) is 0.779. The van der Waals surface area contributed by atoms with Gasteiger partial charge in [0.1, 0.15) is 6.07 Å². The molecule has 0 saturated carbocycles. The highest BCUT2D eigenvalue weighted by molar-refractivity contribution is 5.91. The summed E-state index contributed by atoms with van der Waals surface area (Å²) < 4.78 is 10.6. The summed E-state index contributed by atoms with van der Waals surface area (Å²) >= 11 is 0. The highest BCUT2D eigenvalue weighted by Crippen LogP contribution is 2.32. The number of nitrogens with one attached hydrogen (secondary N) is 1. The van der Waals surface area contributed by atoms with Gasteiger partial charge in [-0.05, 0) is 42.5 Å². The molecule has 0 radical (unpaired) electrons. The summed E-state index contributed by atoms with van der Waals surface area (Å²) in [6.45, 7) is 2.45. The topological polar surface area (TPSA) is 100 Å². The van der Waals surface area contributed by atoms with E-state index in [1.54, 1.807) is 12.3 Å². The number of ether oxygens (including phenoxy) is 2. The Bertz CT molecular complexity index is 961.